The molecular formula is C8H16O. The molecule has 2 atom stereocenters. The molecule has 0 aliphatic heterocycles. The quantitative estimate of drug-likeness (QED) is 0.571. The molecule has 1 N–H and O–H groups in total. The Kier molecular flexibility index (Phi) is 1.55. The van der Waals surface area contributed by atoms with Gasteiger partial charge in [-0.1, -0.05) is 13.8 Å². The SMILES string of the molecule is CC(C)[C@@H]1CC[C@]1(C)O. The zero-order chi connectivity index (χ0) is 7.07. The summed E-state index contributed by atoms with van der Waals surface area (Å²) in [6.45, 7) is 6.30. The Bertz CT molecular complexity index is 105. The molecule has 1 aliphatic carbocycles. The van der Waals surface area contributed by atoms with Crippen molar-refractivity contribution in [2.24, 2.45) is 11.8 Å². The van der Waals surface area contributed by atoms with Crippen LogP contribution in [0.4, 0.5) is 0 Å². The van der Waals surface area contributed by atoms with Crippen molar-refractivity contribution in [3.05, 3.63) is 0 Å². The molecule has 0 spiro atoms. The average Bonchev–Trinajstić information content (AvgIpc) is 1.62. The van der Waals surface area contributed by atoms with Gasteiger partial charge in [0, 0.05) is 0 Å². The summed E-state index contributed by atoms with van der Waals surface area (Å²) >= 11 is 0. The topological polar surface area (TPSA) is 20.2 Å². The molecule has 1 fully saturated rings. The Morgan fingerprint density at radius 1 is 1.56 bits per heavy atom. The first-order chi connectivity index (χ1) is 4.04. The van der Waals surface area contributed by atoms with E-state index in [1.165, 1.54) is 6.42 Å². The van der Waals surface area contributed by atoms with Gasteiger partial charge >= 0.3 is 0 Å². The van der Waals surface area contributed by atoms with Gasteiger partial charge in [-0.25, -0.2) is 0 Å². The molecule has 9 heavy (non-hydrogen) atoms. The number of rotatable bonds is 1. The maximum absolute atomic E-state index is 9.54. The van der Waals surface area contributed by atoms with Crippen molar-refractivity contribution < 1.29 is 5.11 Å². The first-order valence-electron chi connectivity index (χ1n) is 3.76. The number of hydrogen-bond donors (Lipinski definition) is 1. The van der Waals surface area contributed by atoms with Gasteiger partial charge < -0.3 is 5.11 Å². The molecule has 1 saturated carbocycles. The summed E-state index contributed by atoms with van der Waals surface area (Å²) in [6.07, 6.45) is 2.21. The normalized spacial score (nSPS) is 43.0. The highest BCUT2D eigenvalue weighted by atomic mass is 16.3. The Labute approximate surface area is 57.1 Å². The summed E-state index contributed by atoms with van der Waals surface area (Å²) in [6, 6.07) is 0. The molecule has 0 unspecified atom stereocenters. The third kappa shape index (κ3) is 1.11. The number of hydrogen-bond acceptors (Lipinski definition) is 1. The van der Waals surface area contributed by atoms with Crippen molar-refractivity contribution in [3.8, 4) is 0 Å². The van der Waals surface area contributed by atoms with Crippen molar-refractivity contribution in [2.45, 2.75) is 39.2 Å². The summed E-state index contributed by atoms with van der Waals surface area (Å²) in [5.74, 6) is 1.20. The van der Waals surface area contributed by atoms with Crippen LogP contribution in [0, 0.1) is 11.8 Å². The summed E-state index contributed by atoms with van der Waals surface area (Å²) in [5.41, 5.74) is -0.339. The first kappa shape index (κ1) is 7.07. The lowest BCUT2D eigenvalue weighted by Crippen LogP contribution is -2.46. The lowest BCUT2D eigenvalue weighted by molar-refractivity contribution is -0.0970. The van der Waals surface area contributed by atoms with Crippen LogP contribution in [0.25, 0.3) is 0 Å². The molecule has 0 bridgehead atoms. The van der Waals surface area contributed by atoms with Crippen molar-refractivity contribution >= 4 is 0 Å². The van der Waals surface area contributed by atoms with Crippen LogP contribution >= 0.6 is 0 Å². The van der Waals surface area contributed by atoms with Gasteiger partial charge in [0.25, 0.3) is 0 Å². The lowest BCUT2D eigenvalue weighted by atomic mass is 9.65. The molecule has 0 heterocycles. The van der Waals surface area contributed by atoms with Crippen molar-refractivity contribution in [1.29, 1.82) is 0 Å². The maximum Gasteiger partial charge on any atom is 0.0650 e. The van der Waals surface area contributed by atoms with Gasteiger partial charge in [0.1, 0.15) is 0 Å². The molecule has 1 nitrogen and oxygen atoms in total. The van der Waals surface area contributed by atoms with Gasteiger partial charge in [-0.2, -0.15) is 0 Å². The van der Waals surface area contributed by atoms with E-state index >= 15 is 0 Å². The van der Waals surface area contributed by atoms with E-state index in [-0.39, 0.29) is 5.60 Å². The first-order valence-corrected chi connectivity index (χ1v) is 3.76. The van der Waals surface area contributed by atoms with Crippen LogP contribution in [-0.2, 0) is 0 Å². The fourth-order valence-electron chi connectivity index (χ4n) is 1.78. The second-order valence-corrected chi connectivity index (χ2v) is 3.75. The van der Waals surface area contributed by atoms with Crippen molar-refractivity contribution in [1.82, 2.24) is 0 Å². The molecule has 1 rings (SSSR count). The molecule has 54 valence electrons. The fourth-order valence-corrected chi connectivity index (χ4v) is 1.78. The van der Waals surface area contributed by atoms with E-state index in [2.05, 4.69) is 13.8 Å². The largest absolute Gasteiger partial charge is 0.390 e. The van der Waals surface area contributed by atoms with Gasteiger partial charge in [0.15, 0.2) is 0 Å². The van der Waals surface area contributed by atoms with Crippen LogP contribution in [0.15, 0.2) is 0 Å². The predicted octanol–water partition coefficient (Wildman–Crippen LogP) is 1.80. The molecule has 0 aromatic heterocycles. The van der Waals surface area contributed by atoms with E-state index in [4.69, 9.17) is 0 Å². The standard InChI is InChI=1S/C8H16O/c1-6(2)7-4-5-8(7,3)9/h6-7,9H,4-5H2,1-3H3/t7-,8-/m0/s1. The van der Waals surface area contributed by atoms with Crippen molar-refractivity contribution in [2.75, 3.05) is 0 Å². The predicted molar refractivity (Wildman–Crippen MR) is 38.2 cm³/mol. The average molecular weight is 128 g/mol. The molecule has 1 aliphatic rings. The van der Waals surface area contributed by atoms with Crippen LogP contribution in [0.2, 0.25) is 0 Å². The van der Waals surface area contributed by atoms with Gasteiger partial charge in [-0.3, -0.25) is 0 Å². The molecule has 0 radical (unpaired) electrons. The van der Waals surface area contributed by atoms with E-state index in [0.29, 0.717) is 11.8 Å². The van der Waals surface area contributed by atoms with Crippen LogP contribution in [0.1, 0.15) is 33.6 Å². The van der Waals surface area contributed by atoms with Gasteiger partial charge in [0.05, 0.1) is 5.60 Å². The molecule has 0 amide bonds. The van der Waals surface area contributed by atoms with E-state index in [1.807, 2.05) is 6.92 Å². The Hall–Kier alpha value is -0.0400. The van der Waals surface area contributed by atoms with Gasteiger partial charge in [-0.15, -0.1) is 0 Å². The smallest absolute Gasteiger partial charge is 0.0650 e. The van der Waals surface area contributed by atoms with Crippen LogP contribution < -0.4 is 0 Å². The van der Waals surface area contributed by atoms with E-state index in [9.17, 15) is 5.11 Å². The summed E-state index contributed by atoms with van der Waals surface area (Å²) in [4.78, 5) is 0. The molecule has 0 aromatic rings. The Balaban J connectivity index is 2.45. The number of aliphatic hydroxyl groups is 1. The summed E-state index contributed by atoms with van der Waals surface area (Å²) in [5, 5.41) is 9.54. The van der Waals surface area contributed by atoms with Gasteiger partial charge in [0.2, 0.25) is 0 Å². The fraction of sp³-hybridized carbons (Fsp3) is 1.00. The third-order valence-electron chi connectivity index (χ3n) is 2.57. The minimum Gasteiger partial charge on any atom is -0.390 e. The van der Waals surface area contributed by atoms with Crippen molar-refractivity contribution in [3.63, 3.8) is 0 Å². The van der Waals surface area contributed by atoms with Crippen LogP contribution in [0.3, 0.4) is 0 Å². The minimum atomic E-state index is -0.339. The third-order valence-corrected chi connectivity index (χ3v) is 2.57. The van der Waals surface area contributed by atoms with Gasteiger partial charge in [-0.05, 0) is 31.6 Å². The molecule has 0 aromatic carbocycles. The molecular weight excluding hydrogens is 112 g/mol. The highest BCUT2D eigenvalue weighted by Gasteiger charge is 2.42. The highest BCUT2D eigenvalue weighted by molar-refractivity contribution is 4.93. The second kappa shape index (κ2) is 1.98. The Morgan fingerprint density at radius 2 is 2.11 bits per heavy atom. The van der Waals surface area contributed by atoms with E-state index < -0.39 is 0 Å². The maximum atomic E-state index is 9.54. The van der Waals surface area contributed by atoms with E-state index in [0.717, 1.165) is 6.42 Å². The Morgan fingerprint density at radius 3 is 2.11 bits per heavy atom. The second-order valence-electron chi connectivity index (χ2n) is 3.75. The minimum absolute atomic E-state index is 0.339. The van der Waals surface area contributed by atoms with Crippen LogP contribution in [0.5, 0.6) is 0 Å². The highest BCUT2D eigenvalue weighted by Crippen LogP contribution is 2.42. The molecule has 1 heteroatoms. The van der Waals surface area contributed by atoms with E-state index in [1.54, 1.807) is 0 Å². The summed E-state index contributed by atoms with van der Waals surface area (Å²) in [7, 11) is 0. The zero-order valence-corrected chi connectivity index (χ0v) is 6.52. The molecule has 0 saturated heterocycles. The lowest BCUT2D eigenvalue weighted by Gasteiger charge is -2.45. The monoisotopic (exact) mass is 128 g/mol. The summed E-state index contributed by atoms with van der Waals surface area (Å²) < 4.78 is 0. The zero-order valence-electron chi connectivity index (χ0n) is 6.52. The van der Waals surface area contributed by atoms with Crippen LogP contribution in [-0.4, -0.2) is 10.7 Å².